The summed E-state index contributed by atoms with van der Waals surface area (Å²) in [6.07, 6.45) is 2.24. The standard InChI is InChI=1S/C33H23N3O/c1-20-17-21(2)19-22(18-20)35-27-13-8-15-29-31(27)36-30-25(11-7-14-28(30)37-29)33(32(35)36)24-10-4-3-9-23(24)26-12-5-6-16-34(26)33/h3-19H,1-2H3/q+2. The van der Waals surface area contributed by atoms with Gasteiger partial charge in [-0.2, -0.15) is 13.7 Å². The van der Waals surface area contributed by atoms with E-state index in [9.17, 15) is 0 Å². The third kappa shape index (κ3) is 2.09. The first-order valence-electron chi connectivity index (χ1n) is 12.8. The normalized spacial score (nSPS) is 17.2. The Kier molecular flexibility index (Phi) is 3.34. The number of nitrogens with zero attached hydrogens (tertiary/aromatic N) is 3. The summed E-state index contributed by atoms with van der Waals surface area (Å²) in [6, 6.07) is 35.2. The summed E-state index contributed by atoms with van der Waals surface area (Å²) in [5.74, 6) is 3.02. The van der Waals surface area contributed by atoms with Crippen LogP contribution in [0.5, 0.6) is 11.5 Å². The zero-order valence-electron chi connectivity index (χ0n) is 20.6. The third-order valence-corrected chi connectivity index (χ3v) is 8.30. The lowest BCUT2D eigenvalue weighted by Gasteiger charge is -2.20. The highest BCUT2D eigenvalue weighted by atomic mass is 16.5. The van der Waals surface area contributed by atoms with Gasteiger partial charge in [-0.05, 0) is 73.5 Å². The van der Waals surface area contributed by atoms with E-state index in [0.717, 1.165) is 28.2 Å². The highest BCUT2D eigenvalue weighted by Crippen LogP contribution is 2.54. The van der Waals surface area contributed by atoms with Gasteiger partial charge in [-0.3, -0.25) is 0 Å². The summed E-state index contributed by atoms with van der Waals surface area (Å²) >= 11 is 0. The van der Waals surface area contributed by atoms with Gasteiger partial charge in [-0.25, -0.2) is 0 Å². The van der Waals surface area contributed by atoms with Crippen molar-refractivity contribution in [2.75, 3.05) is 0 Å². The molecule has 0 fully saturated rings. The van der Waals surface area contributed by atoms with Crippen molar-refractivity contribution in [3.8, 4) is 34.1 Å². The highest BCUT2D eigenvalue weighted by Gasteiger charge is 2.68. The lowest BCUT2D eigenvalue weighted by molar-refractivity contribution is -0.733. The fourth-order valence-electron chi connectivity index (χ4n) is 7.18. The monoisotopic (exact) mass is 477 g/mol. The smallest absolute Gasteiger partial charge is 0.352 e. The molecule has 3 aliphatic heterocycles. The van der Waals surface area contributed by atoms with Gasteiger partial charge in [0.1, 0.15) is 5.69 Å². The largest absolute Gasteiger partial charge is 0.448 e. The minimum absolute atomic E-state index is 0.541. The Balaban J connectivity index is 1.59. The van der Waals surface area contributed by atoms with E-state index in [2.05, 4.69) is 131 Å². The molecule has 9 rings (SSSR count). The number of pyridine rings is 1. The van der Waals surface area contributed by atoms with Crippen LogP contribution in [0.3, 0.4) is 0 Å². The van der Waals surface area contributed by atoms with Crippen LogP contribution < -0.4 is 13.9 Å². The van der Waals surface area contributed by atoms with Crippen molar-refractivity contribution in [3.05, 3.63) is 131 Å². The summed E-state index contributed by atoms with van der Waals surface area (Å²) in [5, 5.41) is 0. The van der Waals surface area contributed by atoms with E-state index in [-0.39, 0.29) is 0 Å². The van der Waals surface area contributed by atoms with Crippen molar-refractivity contribution in [2.45, 2.75) is 19.4 Å². The molecular formula is C33H23N3O+2. The molecule has 1 spiro atoms. The Morgan fingerprint density at radius 3 is 2.38 bits per heavy atom. The summed E-state index contributed by atoms with van der Waals surface area (Å²) < 4.78 is 14.0. The van der Waals surface area contributed by atoms with Crippen LogP contribution in [-0.2, 0) is 5.54 Å². The van der Waals surface area contributed by atoms with Gasteiger partial charge in [0.15, 0.2) is 28.9 Å². The molecule has 6 aromatic rings. The maximum absolute atomic E-state index is 6.60. The molecule has 174 valence electrons. The molecule has 0 aliphatic carbocycles. The van der Waals surface area contributed by atoms with Crippen LogP contribution in [0.1, 0.15) is 28.1 Å². The number of imidazole rings is 1. The Hall–Kier alpha value is -4.70. The molecule has 4 heteroatoms. The predicted octanol–water partition coefficient (Wildman–Crippen LogP) is 6.05. The number of ether oxygens (including phenoxy) is 1. The van der Waals surface area contributed by atoms with Gasteiger partial charge in [0.2, 0.25) is 11.2 Å². The van der Waals surface area contributed by atoms with Crippen LogP contribution in [0.4, 0.5) is 0 Å². The number of aryl methyl sites for hydroxylation is 2. The summed E-state index contributed by atoms with van der Waals surface area (Å²) in [4.78, 5) is 0. The second-order valence-corrected chi connectivity index (χ2v) is 10.4. The SMILES string of the molecule is Cc1cc(C)cc(-n2c3[n+]4c5c(cccc52)Oc2cccc(c2-4)C32c3ccccc3-c3cccc[n+]32)c1. The van der Waals surface area contributed by atoms with Gasteiger partial charge in [0, 0.05) is 12.1 Å². The molecule has 0 amide bonds. The fraction of sp³-hybridized carbons (Fsp3) is 0.0909. The number of fused-ring (bicyclic) bond motifs is 7. The van der Waals surface area contributed by atoms with Crippen LogP contribution in [-0.4, -0.2) is 4.57 Å². The van der Waals surface area contributed by atoms with E-state index >= 15 is 0 Å². The molecular weight excluding hydrogens is 454 g/mol. The Morgan fingerprint density at radius 2 is 1.49 bits per heavy atom. The highest BCUT2D eigenvalue weighted by molar-refractivity contribution is 5.86. The topological polar surface area (TPSA) is 21.9 Å². The zero-order chi connectivity index (χ0) is 24.5. The van der Waals surface area contributed by atoms with Crippen LogP contribution >= 0.6 is 0 Å². The average molecular weight is 478 g/mol. The first-order chi connectivity index (χ1) is 18.2. The zero-order valence-corrected chi connectivity index (χ0v) is 20.6. The van der Waals surface area contributed by atoms with Gasteiger partial charge in [-0.1, -0.05) is 36.4 Å². The lowest BCUT2D eigenvalue weighted by Crippen LogP contribution is -2.57. The molecule has 5 heterocycles. The number of aromatic nitrogens is 3. The Labute approximate surface area is 214 Å². The first kappa shape index (κ1) is 19.5. The van der Waals surface area contributed by atoms with Crippen molar-refractivity contribution >= 4 is 11.0 Å². The molecule has 4 aromatic carbocycles. The maximum Gasteiger partial charge on any atom is 0.352 e. The van der Waals surface area contributed by atoms with E-state index < -0.39 is 5.54 Å². The van der Waals surface area contributed by atoms with Gasteiger partial charge in [0.25, 0.3) is 0 Å². The van der Waals surface area contributed by atoms with Crippen molar-refractivity contribution in [1.82, 2.24) is 4.57 Å². The van der Waals surface area contributed by atoms with E-state index in [1.165, 1.54) is 45.0 Å². The number of benzene rings is 4. The van der Waals surface area contributed by atoms with E-state index in [1.807, 2.05) is 0 Å². The van der Waals surface area contributed by atoms with Crippen molar-refractivity contribution < 1.29 is 13.9 Å². The number of para-hydroxylation sites is 2. The van der Waals surface area contributed by atoms with Crippen molar-refractivity contribution in [3.63, 3.8) is 0 Å². The molecule has 1 atom stereocenters. The summed E-state index contributed by atoms with van der Waals surface area (Å²) in [5.41, 5.74) is 11.6. The van der Waals surface area contributed by atoms with Crippen LogP contribution in [0.2, 0.25) is 0 Å². The summed E-state index contributed by atoms with van der Waals surface area (Å²) in [7, 11) is 0. The van der Waals surface area contributed by atoms with Crippen molar-refractivity contribution in [2.24, 2.45) is 0 Å². The molecule has 2 aromatic heterocycles. The van der Waals surface area contributed by atoms with Crippen LogP contribution in [0.25, 0.3) is 33.7 Å². The van der Waals surface area contributed by atoms with Crippen LogP contribution in [0, 0.1) is 13.8 Å². The second-order valence-electron chi connectivity index (χ2n) is 10.4. The first-order valence-corrected chi connectivity index (χ1v) is 12.8. The van der Waals surface area contributed by atoms with Gasteiger partial charge < -0.3 is 4.74 Å². The predicted molar refractivity (Wildman–Crippen MR) is 142 cm³/mol. The van der Waals surface area contributed by atoms with E-state index in [0.29, 0.717) is 0 Å². The van der Waals surface area contributed by atoms with Gasteiger partial charge in [0.05, 0.1) is 16.7 Å². The Morgan fingerprint density at radius 1 is 0.730 bits per heavy atom. The molecule has 0 bridgehead atoms. The van der Waals surface area contributed by atoms with Crippen LogP contribution in [0.15, 0.2) is 103 Å². The molecule has 0 radical (unpaired) electrons. The molecule has 37 heavy (non-hydrogen) atoms. The van der Waals surface area contributed by atoms with E-state index in [4.69, 9.17) is 4.74 Å². The van der Waals surface area contributed by atoms with Gasteiger partial charge in [-0.15, -0.1) is 0 Å². The fourth-order valence-corrected chi connectivity index (χ4v) is 7.18. The molecule has 0 saturated carbocycles. The molecule has 4 nitrogen and oxygen atoms in total. The Bertz CT molecular complexity index is 1930. The number of hydrogen-bond acceptors (Lipinski definition) is 1. The molecule has 1 unspecified atom stereocenters. The second kappa shape index (κ2) is 6.34. The minimum atomic E-state index is -0.541. The van der Waals surface area contributed by atoms with Crippen molar-refractivity contribution in [1.29, 1.82) is 0 Å². The van der Waals surface area contributed by atoms with Gasteiger partial charge >= 0.3 is 11.4 Å². The maximum atomic E-state index is 6.60. The third-order valence-electron chi connectivity index (χ3n) is 8.30. The molecule has 3 aliphatic rings. The number of hydrogen-bond donors (Lipinski definition) is 0. The van der Waals surface area contributed by atoms with E-state index in [1.54, 1.807) is 0 Å². The minimum Gasteiger partial charge on any atom is -0.448 e. The quantitative estimate of drug-likeness (QED) is 0.264. The summed E-state index contributed by atoms with van der Waals surface area (Å²) in [6.45, 7) is 4.36. The average Bonchev–Trinajstić information content (AvgIpc) is 3.51. The lowest BCUT2D eigenvalue weighted by atomic mass is 9.83. The molecule has 0 N–H and O–H groups in total. The molecule has 0 saturated heterocycles. The number of rotatable bonds is 1.